The van der Waals surface area contributed by atoms with E-state index in [1.807, 2.05) is 0 Å². The van der Waals surface area contributed by atoms with E-state index in [1.165, 1.54) is 21.3 Å². The highest BCUT2D eigenvalue weighted by atomic mass is 19.4. The van der Waals surface area contributed by atoms with Gasteiger partial charge in [0, 0.05) is 53.6 Å². The highest BCUT2D eigenvalue weighted by Crippen LogP contribution is 2.28. The van der Waals surface area contributed by atoms with Crippen LogP contribution in [0.3, 0.4) is 0 Å². The van der Waals surface area contributed by atoms with Crippen molar-refractivity contribution in [2.75, 3.05) is 13.1 Å². The maximum absolute atomic E-state index is 12.6. The molecule has 0 radical (unpaired) electrons. The van der Waals surface area contributed by atoms with Crippen LogP contribution >= 0.6 is 0 Å². The van der Waals surface area contributed by atoms with E-state index < -0.39 is 147 Å². The lowest BCUT2D eigenvalue weighted by Crippen LogP contribution is -2.61. The van der Waals surface area contributed by atoms with E-state index in [0.717, 1.165) is 27.7 Å². The summed E-state index contributed by atoms with van der Waals surface area (Å²) in [6.45, 7) is 1.59. The summed E-state index contributed by atoms with van der Waals surface area (Å²) in [6, 6.07) is -3.31. The van der Waals surface area contributed by atoms with Crippen LogP contribution in [-0.4, -0.2) is 134 Å². The molecule has 0 aromatic heterocycles. The van der Waals surface area contributed by atoms with Crippen LogP contribution in [0.2, 0.25) is 0 Å². The second kappa shape index (κ2) is 20.5. The smallest absolute Gasteiger partial charge is 0.458 e. The first-order valence-electron chi connectivity index (χ1n) is 15.7. The molecule has 0 spiro atoms. The SMILES string of the molecule is CC(=O)OC1CC(NC(=O)C(F)(F)F)C(OC(C)=O)C(CNC(=O)C(F)(F)F)O1.CC(=O)OC1CC(NC(=O)C(F)(F)F)C(OC(C)=O)C(CNC(=O)C(F)(F)F)O1. The molecule has 2 fully saturated rings. The Hall–Kier alpha value is -5.16. The molecule has 2 aliphatic rings. The molecule has 0 aliphatic carbocycles. The number of rotatable bonds is 10. The molecule has 0 aromatic carbocycles. The number of amides is 4. The van der Waals surface area contributed by atoms with Gasteiger partial charge in [0.25, 0.3) is 0 Å². The average molecular weight is 877 g/mol. The fraction of sp³-hybridized carbons (Fsp3) is 0.714. The first-order chi connectivity index (χ1) is 26.2. The summed E-state index contributed by atoms with van der Waals surface area (Å²) in [5.74, 6) is -13.6. The Balaban J connectivity index is 0.000000580. The first kappa shape index (κ1) is 50.9. The first-order valence-corrected chi connectivity index (χ1v) is 15.7. The second-order valence-electron chi connectivity index (χ2n) is 11.6. The van der Waals surface area contributed by atoms with Crippen LogP contribution in [0.1, 0.15) is 40.5 Å². The van der Waals surface area contributed by atoms with Crippen molar-refractivity contribution in [3.63, 3.8) is 0 Å². The van der Waals surface area contributed by atoms with Gasteiger partial charge in [-0.05, 0) is 0 Å². The van der Waals surface area contributed by atoms with Gasteiger partial charge in [0.15, 0.2) is 0 Å². The van der Waals surface area contributed by atoms with Crippen molar-refractivity contribution >= 4 is 47.5 Å². The number of alkyl halides is 12. The zero-order valence-corrected chi connectivity index (χ0v) is 29.7. The molecular weight excluding hydrogens is 844 g/mol. The zero-order chi connectivity index (χ0) is 45.1. The molecule has 0 saturated carbocycles. The molecule has 0 aromatic rings. The largest absolute Gasteiger partial charge is 0.471 e. The van der Waals surface area contributed by atoms with E-state index >= 15 is 0 Å². The van der Waals surface area contributed by atoms with Crippen LogP contribution in [0.5, 0.6) is 0 Å². The van der Waals surface area contributed by atoms with Crippen molar-refractivity contribution in [1.82, 2.24) is 21.3 Å². The molecule has 2 heterocycles. The monoisotopic (exact) mass is 876 g/mol. The number of carbonyl (C=O) groups is 8. The molecule has 58 heavy (non-hydrogen) atoms. The molecule has 2 saturated heterocycles. The van der Waals surface area contributed by atoms with Gasteiger partial charge < -0.3 is 49.7 Å². The van der Waals surface area contributed by atoms with Gasteiger partial charge >= 0.3 is 72.2 Å². The van der Waals surface area contributed by atoms with E-state index in [4.69, 9.17) is 18.9 Å². The number of esters is 4. The Kier molecular flexibility index (Phi) is 18.0. The molecule has 18 nitrogen and oxygen atoms in total. The van der Waals surface area contributed by atoms with E-state index in [-0.39, 0.29) is 0 Å². The summed E-state index contributed by atoms with van der Waals surface area (Å²) in [5.41, 5.74) is 0. The van der Waals surface area contributed by atoms with Gasteiger partial charge in [-0.3, -0.25) is 38.4 Å². The van der Waals surface area contributed by atoms with Gasteiger partial charge in [-0.2, -0.15) is 52.7 Å². The molecule has 4 N–H and O–H groups in total. The molecular formula is C28H32F12N4O14. The summed E-state index contributed by atoms with van der Waals surface area (Å²) in [4.78, 5) is 89.2. The Labute approximate surface area is 316 Å². The van der Waals surface area contributed by atoms with Crippen LogP contribution < -0.4 is 21.3 Å². The molecule has 2 rings (SSSR count). The molecule has 4 amide bonds. The third-order valence-corrected chi connectivity index (χ3v) is 6.86. The number of nitrogens with one attached hydrogen (secondary N) is 4. The zero-order valence-electron chi connectivity index (χ0n) is 29.7. The Bertz CT molecular complexity index is 1410. The van der Waals surface area contributed by atoms with Crippen LogP contribution in [0.15, 0.2) is 0 Å². The minimum Gasteiger partial charge on any atom is -0.458 e. The van der Waals surface area contributed by atoms with Crippen LogP contribution in [-0.2, 0) is 66.8 Å². The average Bonchev–Trinajstić information content (AvgIpc) is 3.02. The third-order valence-electron chi connectivity index (χ3n) is 6.86. The van der Waals surface area contributed by atoms with Gasteiger partial charge in [0.05, 0.1) is 12.1 Å². The Morgan fingerprint density at radius 1 is 0.466 bits per heavy atom. The predicted molar refractivity (Wildman–Crippen MR) is 155 cm³/mol. The van der Waals surface area contributed by atoms with E-state index in [0.29, 0.717) is 0 Å². The van der Waals surface area contributed by atoms with Gasteiger partial charge in [-0.15, -0.1) is 0 Å². The standard InChI is InChI=1S/2C14H16F6N2O7/c2*1-5(23)27-9-3-7(22-12(26)14(18,19)20)10(28-6(2)24)8(29-9)4-21-11(25)13(15,16)17/h2*7-10H,3-4H2,1-2H3,(H,21,25)(H,22,26). The lowest BCUT2D eigenvalue weighted by Gasteiger charge is -2.40. The van der Waals surface area contributed by atoms with E-state index in [1.54, 1.807) is 0 Å². The van der Waals surface area contributed by atoms with Crippen molar-refractivity contribution in [3.05, 3.63) is 0 Å². The quantitative estimate of drug-likeness (QED) is 0.134. The Morgan fingerprint density at radius 3 is 0.948 bits per heavy atom. The van der Waals surface area contributed by atoms with Crippen molar-refractivity contribution < 1.29 is 119 Å². The van der Waals surface area contributed by atoms with Crippen molar-refractivity contribution in [1.29, 1.82) is 0 Å². The lowest BCUT2D eigenvalue weighted by atomic mass is 9.97. The minimum atomic E-state index is -5.32. The van der Waals surface area contributed by atoms with Crippen molar-refractivity contribution in [2.24, 2.45) is 0 Å². The number of hydrogen-bond acceptors (Lipinski definition) is 14. The fourth-order valence-corrected chi connectivity index (χ4v) is 4.78. The van der Waals surface area contributed by atoms with Gasteiger partial charge in [0.2, 0.25) is 12.6 Å². The number of ether oxygens (including phenoxy) is 6. The van der Waals surface area contributed by atoms with Gasteiger partial charge in [-0.1, -0.05) is 0 Å². The van der Waals surface area contributed by atoms with Gasteiger partial charge in [0.1, 0.15) is 24.4 Å². The topological polar surface area (TPSA) is 240 Å². The number of hydrogen-bond donors (Lipinski definition) is 4. The lowest BCUT2D eigenvalue weighted by molar-refractivity contribution is -0.234. The highest BCUT2D eigenvalue weighted by Gasteiger charge is 2.50. The number of carbonyl (C=O) groups excluding carboxylic acids is 8. The second-order valence-corrected chi connectivity index (χ2v) is 11.6. The molecule has 332 valence electrons. The summed E-state index contributed by atoms with van der Waals surface area (Å²) >= 11 is 0. The van der Waals surface area contributed by atoms with Crippen LogP contribution in [0, 0.1) is 0 Å². The molecule has 30 heteroatoms. The summed E-state index contributed by atoms with van der Waals surface area (Å²) < 4.78 is 179. The molecule has 8 unspecified atom stereocenters. The fourth-order valence-electron chi connectivity index (χ4n) is 4.78. The number of halogens is 12. The van der Waals surface area contributed by atoms with Crippen LogP contribution in [0.25, 0.3) is 0 Å². The van der Waals surface area contributed by atoms with Crippen molar-refractivity contribution in [2.45, 2.75) is 114 Å². The van der Waals surface area contributed by atoms with Gasteiger partial charge in [-0.25, -0.2) is 0 Å². The summed E-state index contributed by atoms with van der Waals surface area (Å²) in [6.07, 6.45) is -32.4. The maximum Gasteiger partial charge on any atom is 0.471 e. The summed E-state index contributed by atoms with van der Waals surface area (Å²) in [7, 11) is 0. The predicted octanol–water partition coefficient (Wildman–Crippen LogP) is 0.644. The minimum absolute atomic E-state index is 0.608. The molecule has 8 atom stereocenters. The maximum atomic E-state index is 12.6. The van der Waals surface area contributed by atoms with Crippen LogP contribution in [0.4, 0.5) is 52.7 Å². The summed E-state index contributed by atoms with van der Waals surface area (Å²) in [5, 5.41) is 5.87. The third kappa shape index (κ3) is 17.5. The Morgan fingerprint density at radius 2 is 0.724 bits per heavy atom. The highest BCUT2D eigenvalue weighted by molar-refractivity contribution is 5.83. The van der Waals surface area contributed by atoms with Crippen molar-refractivity contribution in [3.8, 4) is 0 Å². The van der Waals surface area contributed by atoms with E-state index in [9.17, 15) is 91.0 Å². The van der Waals surface area contributed by atoms with E-state index in [2.05, 4.69) is 9.47 Å². The molecule has 0 bridgehead atoms. The normalized spacial score (nSPS) is 25.0. The molecule has 2 aliphatic heterocycles.